The molecule has 0 amide bonds. The molecule has 1 rings (SSSR count). The first-order valence-corrected chi connectivity index (χ1v) is 4.97. The molecule has 5 heteroatoms. The number of hydrogen-bond donors (Lipinski definition) is 2. The minimum atomic E-state index is -1.90. The van der Waals surface area contributed by atoms with Crippen LogP contribution in [-0.2, 0) is 14.3 Å². The topological polar surface area (TPSA) is 76.0 Å². The van der Waals surface area contributed by atoms with Crippen LogP contribution in [-0.4, -0.2) is 40.3 Å². The van der Waals surface area contributed by atoms with E-state index in [9.17, 15) is 9.90 Å². The first kappa shape index (κ1) is 12.4. The lowest BCUT2D eigenvalue weighted by Crippen LogP contribution is -2.55. The molecule has 2 N–H and O–H groups in total. The van der Waals surface area contributed by atoms with Gasteiger partial charge in [-0.15, -0.1) is 0 Å². The van der Waals surface area contributed by atoms with Gasteiger partial charge in [-0.25, -0.2) is 4.79 Å². The number of aliphatic carboxylic acids is 1. The Labute approximate surface area is 89.0 Å². The smallest absolute Gasteiger partial charge is 0.338 e. The van der Waals surface area contributed by atoms with Crippen LogP contribution in [0.2, 0.25) is 0 Å². The van der Waals surface area contributed by atoms with E-state index in [0.717, 1.165) is 0 Å². The van der Waals surface area contributed by atoms with Crippen molar-refractivity contribution in [3.05, 3.63) is 0 Å². The van der Waals surface area contributed by atoms with Crippen LogP contribution in [0.15, 0.2) is 0 Å². The maximum atomic E-state index is 11.1. The second kappa shape index (κ2) is 3.73. The third kappa shape index (κ3) is 2.14. The predicted molar refractivity (Wildman–Crippen MR) is 52.3 cm³/mol. The van der Waals surface area contributed by atoms with Gasteiger partial charge in [-0.2, -0.15) is 0 Å². The van der Waals surface area contributed by atoms with Crippen molar-refractivity contribution >= 4 is 5.97 Å². The highest BCUT2D eigenvalue weighted by Gasteiger charge is 2.53. The van der Waals surface area contributed by atoms with Gasteiger partial charge in [0.2, 0.25) is 0 Å². The molecule has 1 fully saturated rings. The fourth-order valence-corrected chi connectivity index (χ4v) is 1.66. The number of aliphatic hydroxyl groups is 1. The summed E-state index contributed by atoms with van der Waals surface area (Å²) in [6.45, 7) is 6.75. The maximum Gasteiger partial charge on any atom is 0.338 e. The fraction of sp³-hybridized carbons (Fsp3) is 0.900. The molecule has 0 saturated carbocycles. The lowest BCUT2D eigenvalue weighted by molar-refractivity contribution is -0.198. The Hall–Kier alpha value is -0.650. The quantitative estimate of drug-likeness (QED) is 0.725. The van der Waals surface area contributed by atoms with Crippen molar-refractivity contribution in [1.82, 2.24) is 0 Å². The van der Waals surface area contributed by atoms with Gasteiger partial charge < -0.3 is 19.7 Å². The van der Waals surface area contributed by atoms with Crippen molar-refractivity contribution in [2.75, 3.05) is 6.61 Å². The minimum absolute atomic E-state index is 0.0913. The molecule has 0 aromatic rings. The summed E-state index contributed by atoms with van der Waals surface area (Å²) in [5.74, 6) is -2.55. The minimum Gasteiger partial charge on any atom is -0.479 e. The summed E-state index contributed by atoms with van der Waals surface area (Å²) in [4.78, 5) is 11.1. The standard InChI is InChI=1S/C10H18O5/c1-6(2)10(13,8(11)12)7-5-14-9(3,4)15-7/h6-7,13H,5H2,1-4H3,(H,11,12). The van der Waals surface area contributed by atoms with Crippen molar-refractivity contribution in [2.45, 2.75) is 45.2 Å². The monoisotopic (exact) mass is 218 g/mol. The van der Waals surface area contributed by atoms with Crippen molar-refractivity contribution in [3.63, 3.8) is 0 Å². The van der Waals surface area contributed by atoms with Gasteiger partial charge >= 0.3 is 5.97 Å². The molecule has 1 aliphatic rings. The molecule has 0 radical (unpaired) electrons. The predicted octanol–water partition coefficient (Wildman–Crippen LogP) is 0.610. The normalized spacial score (nSPS) is 29.1. The molecule has 15 heavy (non-hydrogen) atoms. The SMILES string of the molecule is CC(C)C(O)(C(=O)O)C1COC(C)(C)O1. The number of carbonyl (C=O) groups is 1. The highest BCUT2D eigenvalue weighted by Crippen LogP contribution is 2.33. The van der Waals surface area contributed by atoms with Crippen LogP contribution in [0.3, 0.4) is 0 Å². The van der Waals surface area contributed by atoms with E-state index in [-0.39, 0.29) is 6.61 Å². The Balaban J connectivity index is 2.89. The van der Waals surface area contributed by atoms with Crippen LogP contribution in [0.4, 0.5) is 0 Å². The van der Waals surface area contributed by atoms with Crippen molar-refractivity contribution in [1.29, 1.82) is 0 Å². The molecule has 0 aromatic heterocycles. The number of carboxylic acids is 1. The summed E-state index contributed by atoms with van der Waals surface area (Å²) in [5, 5.41) is 19.1. The van der Waals surface area contributed by atoms with E-state index in [0.29, 0.717) is 0 Å². The molecule has 1 saturated heterocycles. The third-order valence-electron chi connectivity index (χ3n) is 2.72. The second-order valence-corrected chi connectivity index (χ2v) is 4.60. The molecule has 0 aromatic carbocycles. The zero-order valence-electron chi connectivity index (χ0n) is 9.48. The van der Waals surface area contributed by atoms with E-state index < -0.39 is 29.4 Å². The Bertz CT molecular complexity index is 261. The summed E-state index contributed by atoms with van der Waals surface area (Å²) in [6, 6.07) is 0. The van der Waals surface area contributed by atoms with E-state index in [1.807, 2.05) is 0 Å². The summed E-state index contributed by atoms with van der Waals surface area (Å²) < 4.78 is 10.6. The molecule has 2 atom stereocenters. The van der Waals surface area contributed by atoms with Gasteiger partial charge in [0.15, 0.2) is 11.4 Å². The summed E-state index contributed by atoms with van der Waals surface area (Å²) >= 11 is 0. The van der Waals surface area contributed by atoms with Crippen LogP contribution < -0.4 is 0 Å². The molecular weight excluding hydrogens is 200 g/mol. The third-order valence-corrected chi connectivity index (χ3v) is 2.72. The van der Waals surface area contributed by atoms with E-state index in [2.05, 4.69) is 0 Å². The lowest BCUT2D eigenvalue weighted by Gasteiger charge is -2.32. The number of ether oxygens (including phenoxy) is 2. The zero-order valence-corrected chi connectivity index (χ0v) is 9.48. The molecule has 0 spiro atoms. The van der Waals surface area contributed by atoms with Gasteiger partial charge in [-0.05, 0) is 19.8 Å². The highest BCUT2D eigenvalue weighted by atomic mass is 16.7. The summed E-state index contributed by atoms with van der Waals surface area (Å²) in [5.41, 5.74) is -1.90. The van der Waals surface area contributed by atoms with E-state index in [1.54, 1.807) is 27.7 Å². The van der Waals surface area contributed by atoms with E-state index in [1.165, 1.54) is 0 Å². The molecular formula is C10H18O5. The Kier molecular flexibility index (Phi) is 3.09. The highest BCUT2D eigenvalue weighted by molar-refractivity contribution is 5.78. The largest absolute Gasteiger partial charge is 0.479 e. The molecule has 0 aliphatic carbocycles. The first-order valence-electron chi connectivity index (χ1n) is 4.97. The van der Waals surface area contributed by atoms with Gasteiger partial charge in [0, 0.05) is 0 Å². The Morgan fingerprint density at radius 3 is 2.33 bits per heavy atom. The molecule has 1 heterocycles. The number of carboxylic acid groups (broad SMARTS) is 1. The average Bonchev–Trinajstić information content (AvgIpc) is 2.44. The second-order valence-electron chi connectivity index (χ2n) is 4.60. The van der Waals surface area contributed by atoms with E-state index in [4.69, 9.17) is 14.6 Å². The van der Waals surface area contributed by atoms with Crippen molar-refractivity contribution in [3.8, 4) is 0 Å². The van der Waals surface area contributed by atoms with Crippen LogP contribution >= 0.6 is 0 Å². The van der Waals surface area contributed by atoms with Crippen LogP contribution in [0.1, 0.15) is 27.7 Å². The molecule has 5 nitrogen and oxygen atoms in total. The van der Waals surface area contributed by atoms with E-state index >= 15 is 0 Å². The Morgan fingerprint density at radius 1 is 1.53 bits per heavy atom. The van der Waals surface area contributed by atoms with Gasteiger partial charge in [-0.1, -0.05) is 13.8 Å². The molecule has 1 aliphatic heterocycles. The molecule has 88 valence electrons. The summed E-state index contributed by atoms with van der Waals surface area (Å²) in [7, 11) is 0. The van der Waals surface area contributed by atoms with Gasteiger partial charge in [0.05, 0.1) is 6.61 Å². The number of hydrogen-bond acceptors (Lipinski definition) is 4. The van der Waals surface area contributed by atoms with Gasteiger partial charge in [0.1, 0.15) is 6.10 Å². The van der Waals surface area contributed by atoms with Crippen molar-refractivity contribution < 1.29 is 24.5 Å². The lowest BCUT2D eigenvalue weighted by atomic mass is 9.85. The molecule has 2 unspecified atom stereocenters. The van der Waals surface area contributed by atoms with Gasteiger partial charge in [0.25, 0.3) is 0 Å². The molecule has 0 bridgehead atoms. The van der Waals surface area contributed by atoms with Crippen LogP contribution in [0.5, 0.6) is 0 Å². The Morgan fingerprint density at radius 2 is 2.07 bits per heavy atom. The van der Waals surface area contributed by atoms with Crippen LogP contribution in [0, 0.1) is 5.92 Å². The first-order chi connectivity index (χ1) is 6.70. The summed E-state index contributed by atoms with van der Waals surface area (Å²) in [6.07, 6.45) is -0.829. The zero-order chi connectivity index (χ0) is 11.9. The average molecular weight is 218 g/mol. The maximum absolute atomic E-state index is 11.1. The number of rotatable bonds is 3. The van der Waals surface area contributed by atoms with Crippen LogP contribution in [0.25, 0.3) is 0 Å². The van der Waals surface area contributed by atoms with Crippen molar-refractivity contribution in [2.24, 2.45) is 5.92 Å². The fourth-order valence-electron chi connectivity index (χ4n) is 1.66. The van der Waals surface area contributed by atoms with Gasteiger partial charge in [-0.3, -0.25) is 0 Å².